The summed E-state index contributed by atoms with van der Waals surface area (Å²) in [4.78, 5) is 22.7. The number of rotatable bonds is 5. The summed E-state index contributed by atoms with van der Waals surface area (Å²) in [7, 11) is 0. The van der Waals surface area contributed by atoms with Gasteiger partial charge in [-0.15, -0.1) is 0 Å². The summed E-state index contributed by atoms with van der Waals surface area (Å²) in [6.07, 6.45) is 1.78. The van der Waals surface area contributed by atoms with E-state index < -0.39 is 11.4 Å². The summed E-state index contributed by atoms with van der Waals surface area (Å²) < 4.78 is 0. The van der Waals surface area contributed by atoms with Crippen LogP contribution in [0.2, 0.25) is 0 Å². The Morgan fingerprint density at radius 2 is 1.93 bits per heavy atom. The molecule has 0 aliphatic heterocycles. The Labute approximate surface area is 90.0 Å². The van der Waals surface area contributed by atoms with Crippen molar-refractivity contribution in [1.29, 1.82) is 0 Å². The quantitative estimate of drug-likeness (QED) is 0.678. The number of carbonyl (C=O) groups is 2. The molecule has 0 aromatic rings. The fourth-order valence-corrected chi connectivity index (χ4v) is 1.71. The molecular formula is C11H19NO3. The van der Waals surface area contributed by atoms with Gasteiger partial charge in [-0.2, -0.15) is 0 Å². The largest absolute Gasteiger partial charge is 0.480 e. The summed E-state index contributed by atoms with van der Waals surface area (Å²) in [5.41, 5.74) is -1.11. The van der Waals surface area contributed by atoms with Gasteiger partial charge in [0.15, 0.2) is 0 Å². The molecule has 0 saturated heterocycles. The number of carboxylic acids is 1. The smallest absolute Gasteiger partial charge is 0.319 e. The van der Waals surface area contributed by atoms with E-state index in [9.17, 15) is 9.59 Å². The second kappa shape index (κ2) is 4.21. The molecule has 0 heterocycles. The van der Waals surface area contributed by atoms with Gasteiger partial charge in [-0.05, 0) is 25.2 Å². The van der Waals surface area contributed by atoms with Gasteiger partial charge in [-0.1, -0.05) is 20.8 Å². The van der Waals surface area contributed by atoms with Crippen LogP contribution < -0.4 is 5.32 Å². The highest BCUT2D eigenvalue weighted by molar-refractivity contribution is 6.04. The van der Waals surface area contributed by atoms with Gasteiger partial charge in [0.05, 0.1) is 0 Å². The first-order valence-corrected chi connectivity index (χ1v) is 5.48. The average molecular weight is 213 g/mol. The van der Waals surface area contributed by atoms with Crippen LogP contribution in [0.1, 0.15) is 40.0 Å². The molecule has 0 spiro atoms. The molecule has 4 nitrogen and oxygen atoms in total. The zero-order valence-corrected chi connectivity index (χ0v) is 9.54. The van der Waals surface area contributed by atoms with E-state index in [-0.39, 0.29) is 11.9 Å². The van der Waals surface area contributed by atoms with Crippen molar-refractivity contribution < 1.29 is 14.7 Å². The lowest BCUT2D eigenvalue weighted by molar-refractivity contribution is -0.149. The van der Waals surface area contributed by atoms with E-state index in [4.69, 9.17) is 5.11 Å². The molecule has 1 aliphatic rings. The molecule has 1 rings (SSSR count). The Kier molecular flexibility index (Phi) is 3.37. The van der Waals surface area contributed by atoms with Crippen molar-refractivity contribution in [2.75, 3.05) is 0 Å². The number of carbonyl (C=O) groups excluding carboxylic acids is 1. The van der Waals surface area contributed by atoms with Crippen LogP contribution in [0, 0.1) is 11.3 Å². The maximum absolute atomic E-state index is 11.8. The Bertz CT molecular complexity index is 269. The second-order valence-electron chi connectivity index (χ2n) is 4.62. The van der Waals surface area contributed by atoms with E-state index >= 15 is 0 Å². The normalized spacial score (nSPS) is 19.7. The molecular weight excluding hydrogens is 194 g/mol. The summed E-state index contributed by atoms with van der Waals surface area (Å²) in [6, 6.07) is 0.0781. The highest BCUT2D eigenvalue weighted by Crippen LogP contribution is 2.46. The summed E-state index contributed by atoms with van der Waals surface area (Å²) in [5.74, 6) is -0.960. The molecule has 1 amide bonds. The highest BCUT2D eigenvalue weighted by Gasteiger charge is 2.57. The topological polar surface area (TPSA) is 66.4 Å². The Balaban J connectivity index is 2.59. The van der Waals surface area contributed by atoms with E-state index in [1.54, 1.807) is 0 Å². The molecule has 1 atom stereocenters. The number of amides is 1. The fraction of sp³-hybridized carbons (Fsp3) is 0.818. The molecule has 4 heteroatoms. The SMILES string of the molecule is CCC(NC(=O)C1(C(=O)O)CC1)C(C)C. The lowest BCUT2D eigenvalue weighted by Crippen LogP contribution is -2.44. The second-order valence-corrected chi connectivity index (χ2v) is 4.62. The van der Waals surface area contributed by atoms with Gasteiger partial charge in [-0.3, -0.25) is 9.59 Å². The predicted molar refractivity (Wildman–Crippen MR) is 56.4 cm³/mol. The van der Waals surface area contributed by atoms with Crippen molar-refractivity contribution in [2.45, 2.75) is 46.1 Å². The third-order valence-electron chi connectivity index (χ3n) is 3.16. The van der Waals surface area contributed by atoms with Crippen LogP contribution in [0.3, 0.4) is 0 Å². The molecule has 86 valence electrons. The van der Waals surface area contributed by atoms with Gasteiger partial charge >= 0.3 is 5.97 Å². The van der Waals surface area contributed by atoms with Gasteiger partial charge in [-0.25, -0.2) is 0 Å². The summed E-state index contributed by atoms with van der Waals surface area (Å²) in [6.45, 7) is 6.04. The Morgan fingerprint density at radius 3 is 2.20 bits per heavy atom. The molecule has 2 N–H and O–H groups in total. The van der Waals surface area contributed by atoms with E-state index in [1.807, 2.05) is 20.8 Å². The first kappa shape index (κ1) is 12.0. The van der Waals surface area contributed by atoms with Crippen LogP contribution in [0.5, 0.6) is 0 Å². The average Bonchev–Trinajstić information content (AvgIpc) is 2.93. The molecule has 1 unspecified atom stereocenters. The van der Waals surface area contributed by atoms with Gasteiger partial charge in [0.2, 0.25) is 5.91 Å². The highest BCUT2D eigenvalue weighted by atomic mass is 16.4. The molecule has 0 bridgehead atoms. The van der Waals surface area contributed by atoms with Crippen LogP contribution >= 0.6 is 0 Å². The first-order chi connectivity index (χ1) is 6.94. The monoisotopic (exact) mass is 213 g/mol. The first-order valence-electron chi connectivity index (χ1n) is 5.48. The zero-order valence-electron chi connectivity index (χ0n) is 9.54. The van der Waals surface area contributed by atoms with E-state index in [0.717, 1.165) is 6.42 Å². The zero-order chi connectivity index (χ0) is 11.6. The number of hydrogen-bond donors (Lipinski definition) is 2. The molecule has 0 aromatic carbocycles. The van der Waals surface area contributed by atoms with Crippen LogP contribution in [0.15, 0.2) is 0 Å². The maximum Gasteiger partial charge on any atom is 0.319 e. The minimum absolute atomic E-state index is 0.0781. The van der Waals surface area contributed by atoms with Gasteiger partial charge in [0.1, 0.15) is 5.41 Å². The number of hydrogen-bond acceptors (Lipinski definition) is 2. The van der Waals surface area contributed by atoms with Crippen LogP contribution in [-0.4, -0.2) is 23.0 Å². The minimum Gasteiger partial charge on any atom is -0.480 e. The minimum atomic E-state index is -1.11. The van der Waals surface area contributed by atoms with E-state index in [2.05, 4.69) is 5.32 Å². The third kappa shape index (κ3) is 2.30. The standard InChI is InChI=1S/C11H19NO3/c1-4-8(7(2)3)12-9(13)11(5-6-11)10(14)15/h7-8H,4-6H2,1-3H3,(H,12,13)(H,14,15). The van der Waals surface area contributed by atoms with Crippen LogP contribution in [0.25, 0.3) is 0 Å². The maximum atomic E-state index is 11.8. The number of carboxylic acid groups (broad SMARTS) is 1. The van der Waals surface area contributed by atoms with Crippen molar-refractivity contribution in [2.24, 2.45) is 11.3 Å². The molecule has 1 fully saturated rings. The summed E-state index contributed by atoms with van der Waals surface area (Å²) >= 11 is 0. The lowest BCUT2D eigenvalue weighted by atomic mass is 9.99. The van der Waals surface area contributed by atoms with Gasteiger partial charge < -0.3 is 10.4 Å². The van der Waals surface area contributed by atoms with Crippen molar-refractivity contribution in [3.63, 3.8) is 0 Å². The number of aliphatic carboxylic acids is 1. The van der Waals surface area contributed by atoms with Crippen molar-refractivity contribution in [3.8, 4) is 0 Å². The molecule has 0 aromatic heterocycles. The van der Waals surface area contributed by atoms with Gasteiger partial charge in [0.25, 0.3) is 0 Å². The fourth-order valence-electron chi connectivity index (χ4n) is 1.71. The molecule has 1 aliphatic carbocycles. The molecule has 15 heavy (non-hydrogen) atoms. The lowest BCUT2D eigenvalue weighted by Gasteiger charge is -2.22. The van der Waals surface area contributed by atoms with Crippen molar-refractivity contribution >= 4 is 11.9 Å². The van der Waals surface area contributed by atoms with Crippen LogP contribution in [-0.2, 0) is 9.59 Å². The molecule has 1 saturated carbocycles. The number of nitrogens with one attached hydrogen (secondary N) is 1. The van der Waals surface area contributed by atoms with Crippen molar-refractivity contribution in [3.05, 3.63) is 0 Å². The third-order valence-corrected chi connectivity index (χ3v) is 3.16. The molecule has 0 radical (unpaired) electrons. The predicted octanol–water partition coefficient (Wildman–Crippen LogP) is 1.40. The van der Waals surface area contributed by atoms with E-state index in [0.29, 0.717) is 18.8 Å². The van der Waals surface area contributed by atoms with Crippen molar-refractivity contribution in [1.82, 2.24) is 5.32 Å². The Hall–Kier alpha value is -1.06. The summed E-state index contributed by atoms with van der Waals surface area (Å²) in [5, 5.41) is 11.8. The van der Waals surface area contributed by atoms with E-state index in [1.165, 1.54) is 0 Å². The Morgan fingerprint density at radius 1 is 1.40 bits per heavy atom. The van der Waals surface area contributed by atoms with Gasteiger partial charge in [0, 0.05) is 6.04 Å². The van der Waals surface area contributed by atoms with Crippen LogP contribution in [0.4, 0.5) is 0 Å².